The van der Waals surface area contributed by atoms with Crippen LogP contribution >= 0.6 is 0 Å². The minimum absolute atomic E-state index is 0.502. The van der Waals surface area contributed by atoms with Crippen molar-refractivity contribution in [2.45, 2.75) is 32.8 Å². The molecule has 3 nitrogen and oxygen atoms in total. The highest BCUT2D eigenvalue weighted by Crippen LogP contribution is 2.23. The van der Waals surface area contributed by atoms with Crippen LogP contribution in [-0.4, -0.2) is 10.1 Å². The van der Waals surface area contributed by atoms with Crippen molar-refractivity contribution in [3.8, 4) is 11.5 Å². The van der Waals surface area contributed by atoms with Crippen LogP contribution in [0.25, 0.3) is 0 Å². The Morgan fingerprint density at radius 3 is 2.63 bits per heavy atom. The summed E-state index contributed by atoms with van der Waals surface area (Å²) in [6, 6.07) is 11.6. The fourth-order valence-electron chi connectivity index (χ4n) is 1.82. The first-order valence-electron chi connectivity index (χ1n) is 6.63. The number of hydrogen-bond acceptors (Lipinski definition) is 3. The number of hydrogen-bond donors (Lipinski definition) is 1. The molecule has 0 saturated heterocycles. The fraction of sp³-hybridized carbons (Fsp3) is 0.312. The van der Waals surface area contributed by atoms with Gasteiger partial charge in [-0.15, -0.1) is 0 Å². The van der Waals surface area contributed by atoms with E-state index in [4.69, 9.17) is 4.74 Å². The molecule has 0 saturated carbocycles. The molecule has 0 amide bonds. The number of rotatable bonds is 5. The van der Waals surface area contributed by atoms with Gasteiger partial charge in [0, 0.05) is 0 Å². The third-order valence-corrected chi connectivity index (χ3v) is 3.03. The van der Waals surface area contributed by atoms with Gasteiger partial charge in [-0.3, -0.25) is 4.98 Å². The van der Waals surface area contributed by atoms with E-state index in [0.29, 0.717) is 17.9 Å². The summed E-state index contributed by atoms with van der Waals surface area (Å²) >= 11 is 0. The second kappa shape index (κ2) is 6.34. The molecule has 1 N–H and O–H groups in total. The molecule has 2 rings (SSSR count). The van der Waals surface area contributed by atoms with Gasteiger partial charge in [0.05, 0.1) is 18.0 Å². The Balaban J connectivity index is 2.10. The lowest BCUT2D eigenvalue weighted by atomic mass is 10.1. The van der Waals surface area contributed by atoms with Crippen LogP contribution in [0.2, 0.25) is 0 Å². The Morgan fingerprint density at radius 1 is 1.16 bits per heavy atom. The molecule has 1 heterocycles. The minimum Gasteiger partial charge on any atom is -0.456 e. The molecule has 2 aromatic rings. The lowest BCUT2D eigenvalue weighted by Crippen LogP contribution is -1.98. The Bertz CT molecular complexity index is 523. The van der Waals surface area contributed by atoms with Crippen LogP contribution in [0.5, 0.6) is 11.5 Å². The standard InChI is InChI=1S/C16H19NO2/c1-3-12-6-5-7-13(10-12)19-14-8-9-15(17-11-14)16(18)4-2/h5-11,16,18H,3-4H2,1-2H3. The molecular formula is C16H19NO2. The number of aliphatic hydroxyl groups excluding tert-OH is 1. The normalized spacial score (nSPS) is 12.2. The monoisotopic (exact) mass is 257 g/mol. The van der Waals surface area contributed by atoms with E-state index in [9.17, 15) is 5.11 Å². The maximum Gasteiger partial charge on any atom is 0.145 e. The molecule has 3 heteroatoms. The second-order valence-electron chi connectivity index (χ2n) is 4.45. The number of aliphatic hydroxyl groups is 1. The van der Waals surface area contributed by atoms with E-state index in [1.165, 1.54) is 5.56 Å². The molecule has 0 spiro atoms. The van der Waals surface area contributed by atoms with Crippen LogP contribution in [-0.2, 0) is 6.42 Å². The summed E-state index contributed by atoms with van der Waals surface area (Å²) < 4.78 is 5.75. The average Bonchev–Trinajstić information content (AvgIpc) is 2.47. The van der Waals surface area contributed by atoms with Crippen molar-refractivity contribution >= 4 is 0 Å². The molecule has 1 aromatic heterocycles. The Labute approximate surface area is 113 Å². The van der Waals surface area contributed by atoms with Gasteiger partial charge < -0.3 is 9.84 Å². The van der Waals surface area contributed by atoms with Gasteiger partial charge in [-0.05, 0) is 42.7 Å². The van der Waals surface area contributed by atoms with E-state index in [-0.39, 0.29) is 0 Å². The van der Waals surface area contributed by atoms with Gasteiger partial charge in [0.25, 0.3) is 0 Å². The largest absolute Gasteiger partial charge is 0.456 e. The highest BCUT2D eigenvalue weighted by atomic mass is 16.5. The molecule has 0 radical (unpaired) electrons. The van der Waals surface area contributed by atoms with Crippen LogP contribution in [0.1, 0.15) is 37.6 Å². The van der Waals surface area contributed by atoms with Gasteiger partial charge in [0.1, 0.15) is 11.5 Å². The van der Waals surface area contributed by atoms with Gasteiger partial charge >= 0.3 is 0 Å². The van der Waals surface area contributed by atoms with Gasteiger partial charge in [0.2, 0.25) is 0 Å². The van der Waals surface area contributed by atoms with E-state index in [0.717, 1.165) is 12.2 Å². The maximum absolute atomic E-state index is 9.67. The number of benzene rings is 1. The topological polar surface area (TPSA) is 42.4 Å². The van der Waals surface area contributed by atoms with Crippen molar-refractivity contribution in [3.05, 3.63) is 53.9 Å². The first-order valence-corrected chi connectivity index (χ1v) is 6.63. The molecule has 0 fully saturated rings. The van der Waals surface area contributed by atoms with E-state index in [1.54, 1.807) is 12.3 Å². The third kappa shape index (κ3) is 3.55. The SMILES string of the molecule is CCc1cccc(Oc2ccc(C(O)CC)nc2)c1. The maximum atomic E-state index is 9.67. The number of pyridine rings is 1. The summed E-state index contributed by atoms with van der Waals surface area (Å²) in [6.45, 7) is 4.04. The molecule has 0 aliphatic rings. The highest BCUT2D eigenvalue weighted by Gasteiger charge is 2.06. The molecule has 1 atom stereocenters. The molecule has 0 aliphatic carbocycles. The first-order chi connectivity index (χ1) is 9.22. The fourth-order valence-corrected chi connectivity index (χ4v) is 1.82. The lowest BCUT2D eigenvalue weighted by molar-refractivity contribution is 0.169. The Hall–Kier alpha value is -1.87. The van der Waals surface area contributed by atoms with Crippen molar-refractivity contribution in [3.63, 3.8) is 0 Å². The highest BCUT2D eigenvalue weighted by molar-refractivity contribution is 5.33. The average molecular weight is 257 g/mol. The third-order valence-electron chi connectivity index (χ3n) is 3.03. The van der Waals surface area contributed by atoms with Crippen molar-refractivity contribution < 1.29 is 9.84 Å². The summed E-state index contributed by atoms with van der Waals surface area (Å²) in [7, 11) is 0. The Kier molecular flexibility index (Phi) is 4.53. The van der Waals surface area contributed by atoms with Crippen molar-refractivity contribution in [1.29, 1.82) is 0 Å². The van der Waals surface area contributed by atoms with E-state index in [1.807, 2.05) is 31.2 Å². The minimum atomic E-state index is -0.502. The number of aromatic nitrogens is 1. The van der Waals surface area contributed by atoms with E-state index in [2.05, 4.69) is 18.0 Å². The van der Waals surface area contributed by atoms with Gasteiger partial charge in [-0.25, -0.2) is 0 Å². The van der Waals surface area contributed by atoms with Crippen LogP contribution in [0, 0.1) is 0 Å². The summed E-state index contributed by atoms with van der Waals surface area (Å²) in [5.41, 5.74) is 1.92. The van der Waals surface area contributed by atoms with Crippen molar-refractivity contribution in [1.82, 2.24) is 4.98 Å². The number of ether oxygens (including phenoxy) is 1. The van der Waals surface area contributed by atoms with Crippen molar-refractivity contribution in [2.24, 2.45) is 0 Å². The smallest absolute Gasteiger partial charge is 0.145 e. The molecule has 100 valence electrons. The van der Waals surface area contributed by atoms with Crippen LogP contribution in [0.15, 0.2) is 42.6 Å². The quantitative estimate of drug-likeness (QED) is 0.883. The lowest BCUT2D eigenvalue weighted by Gasteiger charge is -2.09. The summed E-state index contributed by atoms with van der Waals surface area (Å²) in [5, 5.41) is 9.67. The van der Waals surface area contributed by atoms with E-state index < -0.39 is 6.10 Å². The van der Waals surface area contributed by atoms with Crippen LogP contribution < -0.4 is 4.74 Å². The van der Waals surface area contributed by atoms with Gasteiger partial charge in [0.15, 0.2) is 0 Å². The zero-order valence-corrected chi connectivity index (χ0v) is 11.3. The van der Waals surface area contributed by atoms with Crippen LogP contribution in [0.3, 0.4) is 0 Å². The molecule has 0 aliphatic heterocycles. The molecule has 1 unspecified atom stereocenters. The Morgan fingerprint density at radius 2 is 2.00 bits per heavy atom. The summed E-state index contributed by atoms with van der Waals surface area (Å²) in [6.07, 6.45) is 2.79. The van der Waals surface area contributed by atoms with Crippen LogP contribution in [0.4, 0.5) is 0 Å². The number of aryl methyl sites for hydroxylation is 1. The summed E-state index contributed by atoms with van der Waals surface area (Å²) in [4.78, 5) is 4.21. The molecule has 1 aromatic carbocycles. The predicted molar refractivity (Wildman–Crippen MR) is 75.4 cm³/mol. The molecular weight excluding hydrogens is 238 g/mol. The second-order valence-corrected chi connectivity index (χ2v) is 4.45. The zero-order chi connectivity index (χ0) is 13.7. The zero-order valence-electron chi connectivity index (χ0n) is 11.3. The van der Waals surface area contributed by atoms with E-state index >= 15 is 0 Å². The molecule has 0 bridgehead atoms. The van der Waals surface area contributed by atoms with Gasteiger partial charge in [-0.2, -0.15) is 0 Å². The predicted octanol–water partition coefficient (Wildman–Crippen LogP) is 3.88. The first kappa shape index (κ1) is 13.6. The number of nitrogens with zero attached hydrogens (tertiary/aromatic N) is 1. The summed E-state index contributed by atoms with van der Waals surface area (Å²) in [5.74, 6) is 1.49. The van der Waals surface area contributed by atoms with Gasteiger partial charge in [-0.1, -0.05) is 26.0 Å². The van der Waals surface area contributed by atoms with Crippen molar-refractivity contribution in [2.75, 3.05) is 0 Å². The molecule has 19 heavy (non-hydrogen) atoms.